The third-order valence-corrected chi connectivity index (χ3v) is 4.76. The largest absolute Gasteiger partial charge is 0.461 e. The van der Waals surface area contributed by atoms with Crippen LogP contribution in [0.25, 0.3) is 0 Å². The van der Waals surface area contributed by atoms with Crippen LogP contribution in [-0.2, 0) is 16.0 Å². The average Bonchev–Trinajstić information content (AvgIpc) is 2.45. The second-order valence-electron chi connectivity index (χ2n) is 6.81. The Morgan fingerprint density at radius 3 is 2.62 bits per heavy atom. The molecule has 1 fully saturated rings. The van der Waals surface area contributed by atoms with Crippen LogP contribution in [0.2, 0.25) is 0 Å². The molecule has 3 rings (SSSR count). The van der Waals surface area contributed by atoms with Crippen LogP contribution in [0.5, 0.6) is 0 Å². The van der Waals surface area contributed by atoms with E-state index in [1.807, 2.05) is 18.2 Å². The minimum absolute atomic E-state index is 0.0899. The molecule has 21 heavy (non-hydrogen) atoms. The highest BCUT2D eigenvalue weighted by molar-refractivity contribution is 5.78. The van der Waals surface area contributed by atoms with Crippen molar-refractivity contribution in [1.82, 2.24) is 5.32 Å². The van der Waals surface area contributed by atoms with E-state index in [-0.39, 0.29) is 18.1 Å². The van der Waals surface area contributed by atoms with E-state index in [1.165, 1.54) is 12.0 Å². The average molecular weight is 287 g/mol. The fourth-order valence-electron chi connectivity index (χ4n) is 3.92. The van der Waals surface area contributed by atoms with Gasteiger partial charge in [0, 0.05) is 6.54 Å². The Hall–Kier alpha value is -1.35. The summed E-state index contributed by atoms with van der Waals surface area (Å²) in [5, 5.41) is 3.31. The fourth-order valence-corrected chi connectivity index (χ4v) is 3.92. The van der Waals surface area contributed by atoms with Gasteiger partial charge in [-0.05, 0) is 48.6 Å². The van der Waals surface area contributed by atoms with E-state index >= 15 is 0 Å². The minimum Gasteiger partial charge on any atom is -0.461 e. The molecule has 0 bridgehead atoms. The third kappa shape index (κ3) is 3.29. The van der Waals surface area contributed by atoms with Crippen LogP contribution >= 0.6 is 0 Å². The zero-order valence-corrected chi connectivity index (χ0v) is 13.0. The summed E-state index contributed by atoms with van der Waals surface area (Å²) < 4.78 is 5.83. The number of nitrogens with one attached hydrogen (secondary N) is 1. The normalized spacial score (nSPS) is 32.3. The second-order valence-corrected chi connectivity index (χ2v) is 6.81. The van der Waals surface area contributed by atoms with E-state index in [0.29, 0.717) is 11.8 Å². The van der Waals surface area contributed by atoms with Gasteiger partial charge in [0.15, 0.2) is 0 Å². The van der Waals surface area contributed by atoms with Gasteiger partial charge in [0.1, 0.15) is 12.1 Å². The topological polar surface area (TPSA) is 38.3 Å². The predicted octanol–water partition coefficient (Wildman–Crippen LogP) is 3.24. The van der Waals surface area contributed by atoms with Crippen LogP contribution in [0.1, 0.15) is 50.3 Å². The number of rotatable bonds is 2. The summed E-state index contributed by atoms with van der Waals surface area (Å²) in [5.41, 5.74) is 2.36. The molecule has 0 aromatic heterocycles. The van der Waals surface area contributed by atoms with Crippen LogP contribution in [0.3, 0.4) is 0 Å². The SMILES string of the molecule is CC1CC(C)CC(OC(=O)C2NCCc3ccccc32)C1. The highest BCUT2D eigenvalue weighted by Crippen LogP contribution is 2.32. The van der Waals surface area contributed by atoms with E-state index in [4.69, 9.17) is 4.74 Å². The maximum atomic E-state index is 12.6. The lowest BCUT2D eigenvalue weighted by atomic mass is 9.82. The first-order valence-corrected chi connectivity index (χ1v) is 8.15. The van der Waals surface area contributed by atoms with Crippen molar-refractivity contribution < 1.29 is 9.53 Å². The maximum absolute atomic E-state index is 12.6. The Labute approximate surface area is 127 Å². The number of hydrogen-bond donors (Lipinski definition) is 1. The van der Waals surface area contributed by atoms with Crippen molar-refractivity contribution in [2.24, 2.45) is 11.8 Å². The molecule has 114 valence electrons. The number of benzene rings is 1. The number of esters is 1. The van der Waals surface area contributed by atoms with Crippen molar-refractivity contribution in [2.45, 2.75) is 51.7 Å². The Morgan fingerprint density at radius 2 is 1.86 bits per heavy atom. The molecule has 1 aromatic rings. The molecular weight excluding hydrogens is 262 g/mol. The van der Waals surface area contributed by atoms with E-state index in [0.717, 1.165) is 31.4 Å². The summed E-state index contributed by atoms with van der Waals surface area (Å²) in [4.78, 5) is 12.6. The van der Waals surface area contributed by atoms with E-state index in [1.54, 1.807) is 0 Å². The molecule has 3 atom stereocenters. The summed E-state index contributed by atoms with van der Waals surface area (Å²) in [7, 11) is 0. The maximum Gasteiger partial charge on any atom is 0.328 e. The van der Waals surface area contributed by atoms with Gasteiger partial charge < -0.3 is 10.1 Å². The Bertz CT molecular complexity index is 504. The van der Waals surface area contributed by atoms with Gasteiger partial charge in [-0.2, -0.15) is 0 Å². The number of carbonyl (C=O) groups excluding carboxylic acids is 1. The van der Waals surface area contributed by atoms with Crippen molar-refractivity contribution in [1.29, 1.82) is 0 Å². The first-order valence-electron chi connectivity index (χ1n) is 8.15. The third-order valence-electron chi connectivity index (χ3n) is 4.76. The fraction of sp³-hybridized carbons (Fsp3) is 0.611. The van der Waals surface area contributed by atoms with Gasteiger partial charge in [-0.25, -0.2) is 4.79 Å². The first-order chi connectivity index (χ1) is 10.1. The molecular formula is C18H25NO2. The van der Waals surface area contributed by atoms with Crippen molar-refractivity contribution >= 4 is 5.97 Å². The van der Waals surface area contributed by atoms with E-state index < -0.39 is 0 Å². The van der Waals surface area contributed by atoms with Gasteiger partial charge in [0.05, 0.1) is 0 Å². The van der Waals surface area contributed by atoms with E-state index in [2.05, 4.69) is 25.2 Å². The number of ether oxygens (including phenoxy) is 1. The monoisotopic (exact) mass is 287 g/mol. The molecule has 3 nitrogen and oxygen atoms in total. The van der Waals surface area contributed by atoms with Crippen molar-refractivity contribution in [3.8, 4) is 0 Å². The Morgan fingerprint density at radius 1 is 1.14 bits per heavy atom. The second kappa shape index (κ2) is 6.18. The number of fused-ring (bicyclic) bond motifs is 1. The molecule has 1 aliphatic heterocycles. The quantitative estimate of drug-likeness (QED) is 0.849. The lowest BCUT2D eigenvalue weighted by Crippen LogP contribution is -2.38. The predicted molar refractivity (Wildman–Crippen MR) is 82.9 cm³/mol. The summed E-state index contributed by atoms with van der Waals surface area (Å²) in [6.45, 7) is 5.35. The van der Waals surface area contributed by atoms with Gasteiger partial charge in [-0.1, -0.05) is 38.1 Å². The summed E-state index contributed by atoms with van der Waals surface area (Å²) in [6.07, 6.45) is 4.33. The van der Waals surface area contributed by atoms with Crippen LogP contribution in [-0.4, -0.2) is 18.6 Å². The number of hydrogen-bond acceptors (Lipinski definition) is 3. The highest BCUT2D eigenvalue weighted by Gasteiger charge is 2.32. The van der Waals surface area contributed by atoms with E-state index in [9.17, 15) is 4.79 Å². The van der Waals surface area contributed by atoms with Gasteiger partial charge in [0.25, 0.3) is 0 Å². The molecule has 0 radical (unpaired) electrons. The first kappa shape index (κ1) is 14.6. The smallest absolute Gasteiger partial charge is 0.328 e. The summed E-state index contributed by atoms with van der Waals surface area (Å²) >= 11 is 0. The van der Waals surface area contributed by atoms with Crippen LogP contribution in [0.15, 0.2) is 24.3 Å². The molecule has 3 unspecified atom stereocenters. The van der Waals surface area contributed by atoms with Crippen LogP contribution < -0.4 is 5.32 Å². The molecule has 1 heterocycles. The van der Waals surface area contributed by atoms with Crippen LogP contribution in [0.4, 0.5) is 0 Å². The lowest BCUT2D eigenvalue weighted by Gasteiger charge is -2.33. The molecule has 1 N–H and O–H groups in total. The molecule has 0 amide bonds. The van der Waals surface area contributed by atoms with Gasteiger partial charge in [0.2, 0.25) is 0 Å². The minimum atomic E-state index is -0.289. The molecule has 2 aliphatic rings. The standard InChI is InChI=1S/C18H25NO2/c1-12-9-13(2)11-15(10-12)21-18(20)17-16-6-4-3-5-14(16)7-8-19-17/h3-6,12-13,15,17,19H,7-11H2,1-2H3. The zero-order valence-electron chi connectivity index (χ0n) is 13.0. The van der Waals surface area contributed by atoms with Crippen molar-refractivity contribution in [3.63, 3.8) is 0 Å². The van der Waals surface area contributed by atoms with Crippen molar-refractivity contribution in [2.75, 3.05) is 6.54 Å². The van der Waals surface area contributed by atoms with Gasteiger partial charge in [-0.15, -0.1) is 0 Å². The molecule has 1 aromatic carbocycles. The zero-order chi connectivity index (χ0) is 14.8. The lowest BCUT2D eigenvalue weighted by molar-refractivity contribution is -0.155. The number of carbonyl (C=O) groups is 1. The molecule has 1 aliphatic carbocycles. The molecule has 0 spiro atoms. The Kier molecular flexibility index (Phi) is 4.29. The van der Waals surface area contributed by atoms with Crippen LogP contribution in [0, 0.1) is 11.8 Å². The Balaban J connectivity index is 1.69. The molecule has 0 saturated heterocycles. The highest BCUT2D eigenvalue weighted by atomic mass is 16.5. The van der Waals surface area contributed by atoms with Gasteiger partial charge >= 0.3 is 5.97 Å². The van der Waals surface area contributed by atoms with Crippen molar-refractivity contribution in [3.05, 3.63) is 35.4 Å². The summed E-state index contributed by atoms with van der Waals surface area (Å²) in [6, 6.07) is 7.90. The van der Waals surface area contributed by atoms with Gasteiger partial charge in [-0.3, -0.25) is 0 Å². The molecule has 3 heteroatoms. The summed E-state index contributed by atoms with van der Waals surface area (Å²) in [5.74, 6) is 1.20. The molecule has 1 saturated carbocycles.